The fraction of sp³-hybridized carbons (Fsp3) is 0.429. The topological polar surface area (TPSA) is 32.7 Å². The van der Waals surface area contributed by atoms with Gasteiger partial charge in [-0.1, -0.05) is 60.7 Å². The van der Waals surface area contributed by atoms with Crippen molar-refractivity contribution in [2.75, 3.05) is 26.3 Å². The number of hydrogen-bond acceptors (Lipinski definition) is 3. The molecule has 24 heavy (non-hydrogen) atoms. The van der Waals surface area contributed by atoms with E-state index in [1.165, 1.54) is 5.56 Å². The summed E-state index contributed by atoms with van der Waals surface area (Å²) in [4.78, 5) is 2.39. The van der Waals surface area contributed by atoms with Crippen LogP contribution in [-0.2, 0) is 11.3 Å². The van der Waals surface area contributed by atoms with Crippen LogP contribution in [0.1, 0.15) is 30.1 Å². The minimum absolute atomic E-state index is 0.449. The van der Waals surface area contributed by atoms with Crippen LogP contribution in [0.3, 0.4) is 0 Å². The van der Waals surface area contributed by atoms with Crippen LogP contribution in [-0.4, -0.2) is 36.3 Å². The first-order valence-electron chi connectivity index (χ1n) is 8.88. The summed E-state index contributed by atoms with van der Waals surface area (Å²) < 4.78 is 5.48. The maximum Gasteiger partial charge on any atom is 0.0917 e. The van der Waals surface area contributed by atoms with Gasteiger partial charge in [-0.3, -0.25) is 4.90 Å². The van der Waals surface area contributed by atoms with E-state index in [4.69, 9.17) is 4.74 Å². The number of aliphatic hydroxyl groups excluding tert-OH is 1. The van der Waals surface area contributed by atoms with Gasteiger partial charge in [-0.25, -0.2) is 0 Å². The van der Waals surface area contributed by atoms with Crippen LogP contribution < -0.4 is 0 Å². The van der Waals surface area contributed by atoms with Crippen molar-refractivity contribution in [1.29, 1.82) is 0 Å². The third-order valence-corrected chi connectivity index (χ3v) is 4.72. The molecule has 1 atom stereocenters. The number of nitrogens with zero attached hydrogens (tertiary/aromatic N) is 1. The third-order valence-electron chi connectivity index (χ3n) is 4.72. The van der Waals surface area contributed by atoms with Gasteiger partial charge in [-0.2, -0.15) is 0 Å². The first-order valence-corrected chi connectivity index (χ1v) is 8.88. The molecule has 2 aromatic carbocycles. The van der Waals surface area contributed by atoms with E-state index in [0.29, 0.717) is 12.5 Å². The Morgan fingerprint density at radius 3 is 2.25 bits per heavy atom. The van der Waals surface area contributed by atoms with Gasteiger partial charge in [-0.15, -0.1) is 0 Å². The number of ether oxygens (including phenoxy) is 1. The summed E-state index contributed by atoms with van der Waals surface area (Å²) in [5.74, 6) is 0.658. The number of benzene rings is 2. The summed E-state index contributed by atoms with van der Waals surface area (Å²) in [6.07, 6.45) is 1.79. The lowest BCUT2D eigenvalue weighted by Gasteiger charge is -2.31. The maximum atomic E-state index is 10.6. The Balaban J connectivity index is 1.66. The van der Waals surface area contributed by atoms with Gasteiger partial charge in [0.25, 0.3) is 0 Å². The fourth-order valence-electron chi connectivity index (χ4n) is 3.36. The van der Waals surface area contributed by atoms with E-state index in [-0.39, 0.29) is 0 Å². The van der Waals surface area contributed by atoms with E-state index in [0.717, 1.165) is 44.7 Å². The van der Waals surface area contributed by atoms with Crippen molar-refractivity contribution in [3.8, 4) is 0 Å². The SMILES string of the molecule is OC(CN(Cc1ccccc1)CC1CCOCC1)c1ccccc1. The van der Waals surface area contributed by atoms with E-state index < -0.39 is 6.10 Å². The zero-order valence-electron chi connectivity index (χ0n) is 14.2. The molecule has 3 heteroatoms. The van der Waals surface area contributed by atoms with Gasteiger partial charge in [-0.05, 0) is 29.9 Å². The fourth-order valence-corrected chi connectivity index (χ4v) is 3.36. The molecule has 1 aliphatic heterocycles. The van der Waals surface area contributed by atoms with Crippen molar-refractivity contribution in [1.82, 2.24) is 4.90 Å². The van der Waals surface area contributed by atoms with E-state index in [9.17, 15) is 5.11 Å². The summed E-state index contributed by atoms with van der Waals surface area (Å²) in [7, 11) is 0. The maximum absolute atomic E-state index is 10.6. The van der Waals surface area contributed by atoms with E-state index >= 15 is 0 Å². The smallest absolute Gasteiger partial charge is 0.0917 e. The molecule has 1 saturated heterocycles. The molecule has 128 valence electrons. The third kappa shape index (κ3) is 5.17. The van der Waals surface area contributed by atoms with Gasteiger partial charge < -0.3 is 9.84 Å². The molecule has 1 unspecified atom stereocenters. The van der Waals surface area contributed by atoms with Crippen molar-refractivity contribution in [3.05, 3.63) is 71.8 Å². The minimum Gasteiger partial charge on any atom is -0.387 e. The molecule has 1 heterocycles. The Morgan fingerprint density at radius 1 is 0.958 bits per heavy atom. The van der Waals surface area contributed by atoms with Crippen LogP contribution in [0.15, 0.2) is 60.7 Å². The molecule has 1 fully saturated rings. The molecular weight excluding hydrogens is 298 g/mol. The Morgan fingerprint density at radius 2 is 1.58 bits per heavy atom. The second kappa shape index (κ2) is 8.97. The highest BCUT2D eigenvalue weighted by molar-refractivity contribution is 5.18. The van der Waals surface area contributed by atoms with Gasteiger partial charge >= 0.3 is 0 Å². The van der Waals surface area contributed by atoms with Crippen LogP contribution in [0, 0.1) is 5.92 Å². The molecule has 0 aromatic heterocycles. The number of hydrogen-bond donors (Lipinski definition) is 1. The molecule has 3 nitrogen and oxygen atoms in total. The summed E-state index contributed by atoms with van der Waals surface area (Å²) in [6, 6.07) is 20.5. The lowest BCUT2D eigenvalue weighted by Crippen LogP contribution is -2.35. The van der Waals surface area contributed by atoms with Crippen LogP contribution >= 0.6 is 0 Å². The van der Waals surface area contributed by atoms with Crippen molar-refractivity contribution in [2.24, 2.45) is 5.92 Å². The van der Waals surface area contributed by atoms with Crippen LogP contribution in [0.4, 0.5) is 0 Å². The predicted octanol–water partition coefficient (Wildman–Crippen LogP) is 3.65. The lowest BCUT2D eigenvalue weighted by molar-refractivity contribution is 0.0400. The average molecular weight is 325 g/mol. The molecule has 2 aromatic rings. The van der Waals surface area contributed by atoms with E-state index in [2.05, 4.69) is 29.2 Å². The van der Waals surface area contributed by atoms with Gasteiger partial charge in [0.15, 0.2) is 0 Å². The Kier molecular flexibility index (Phi) is 6.41. The Bertz CT molecular complexity index is 581. The van der Waals surface area contributed by atoms with Crippen molar-refractivity contribution >= 4 is 0 Å². The van der Waals surface area contributed by atoms with Gasteiger partial charge in [0.2, 0.25) is 0 Å². The van der Waals surface area contributed by atoms with Gasteiger partial charge in [0, 0.05) is 32.8 Å². The van der Waals surface area contributed by atoms with E-state index in [1.54, 1.807) is 0 Å². The summed E-state index contributed by atoms with van der Waals surface area (Å²) in [5, 5.41) is 10.6. The van der Waals surface area contributed by atoms with Crippen molar-refractivity contribution in [3.63, 3.8) is 0 Å². The zero-order valence-corrected chi connectivity index (χ0v) is 14.2. The monoisotopic (exact) mass is 325 g/mol. The van der Waals surface area contributed by atoms with Crippen molar-refractivity contribution in [2.45, 2.75) is 25.5 Å². The van der Waals surface area contributed by atoms with Crippen molar-refractivity contribution < 1.29 is 9.84 Å². The molecule has 0 saturated carbocycles. The predicted molar refractivity (Wildman–Crippen MR) is 96.7 cm³/mol. The molecular formula is C21H27NO2. The Hall–Kier alpha value is -1.68. The molecule has 0 amide bonds. The normalized spacial score (nSPS) is 17.1. The highest BCUT2D eigenvalue weighted by Gasteiger charge is 2.20. The second-order valence-corrected chi connectivity index (χ2v) is 6.66. The first-order chi connectivity index (χ1) is 11.8. The highest BCUT2D eigenvalue weighted by Crippen LogP contribution is 2.21. The molecule has 0 aliphatic carbocycles. The standard InChI is InChI=1S/C21H27NO2/c23-21(20-9-5-2-6-10-20)17-22(15-18-7-3-1-4-8-18)16-19-11-13-24-14-12-19/h1-10,19,21,23H,11-17H2. The minimum atomic E-state index is -0.449. The zero-order chi connectivity index (χ0) is 16.6. The number of aliphatic hydroxyl groups is 1. The summed E-state index contributed by atoms with van der Waals surface area (Å²) >= 11 is 0. The second-order valence-electron chi connectivity index (χ2n) is 6.66. The van der Waals surface area contributed by atoms with Crippen LogP contribution in [0.2, 0.25) is 0 Å². The van der Waals surface area contributed by atoms with Gasteiger partial charge in [0.1, 0.15) is 0 Å². The molecule has 1 aliphatic rings. The van der Waals surface area contributed by atoms with Crippen LogP contribution in [0.25, 0.3) is 0 Å². The van der Waals surface area contributed by atoms with E-state index in [1.807, 2.05) is 36.4 Å². The summed E-state index contributed by atoms with van der Waals surface area (Å²) in [5.41, 5.74) is 2.28. The number of rotatable bonds is 7. The Labute approximate surface area is 144 Å². The summed E-state index contributed by atoms with van der Waals surface area (Å²) in [6.45, 7) is 4.29. The molecule has 0 radical (unpaired) electrons. The first kappa shape index (κ1) is 17.2. The largest absolute Gasteiger partial charge is 0.387 e. The van der Waals surface area contributed by atoms with Gasteiger partial charge in [0.05, 0.1) is 6.10 Å². The quantitative estimate of drug-likeness (QED) is 0.843. The molecule has 1 N–H and O–H groups in total. The molecule has 3 rings (SSSR count). The van der Waals surface area contributed by atoms with Crippen LogP contribution in [0.5, 0.6) is 0 Å². The molecule has 0 spiro atoms. The lowest BCUT2D eigenvalue weighted by atomic mass is 9.98. The highest BCUT2D eigenvalue weighted by atomic mass is 16.5. The average Bonchev–Trinajstić information content (AvgIpc) is 2.64. The molecule has 0 bridgehead atoms.